The molecule has 1 N–H and O–H groups in total. The molecule has 4 nitrogen and oxygen atoms in total. The number of aryl methyl sites for hydroxylation is 2. The summed E-state index contributed by atoms with van der Waals surface area (Å²) in [6.07, 6.45) is 4.71. The first kappa shape index (κ1) is 14.0. The van der Waals surface area contributed by atoms with Crippen LogP contribution in [0.1, 0.15) is 15.9 Å². The van der Waals surface area contributed by atoms with Crippen molar-refractivity contribution in [3.05, 3.63) is 46.7 Å². The highest BCUT2D eigenvalue weighted by Gasteiger charge is 2.09. The molecule has 1 heterocycles. The minimum Gasteiger partial charge on any atom is -0.478 e. The Morgan fingerprint density at radius 2 is 2.32 bits per heavy atom. The fourth-order valence-corrected chi connectivity index (χ4v) is 2.78. The van der Waals surface area contributed by atoms with Crippen molar-refractivity contribution in [3.8, 4) is 0 Å². The van der Waals surface area contributed by atoms with Crippen LogP contribution in [-0.4, -0.2) is 26.6 Å². The van der Waals surface area contributed by atoms with Gasteiger partial charge in [-0.15, -0.1) is 11.8 Å². The number of nitrogens with zero attached hydrogens (tertiary/aromatic N) is 2. The number of carbonyl (C=O) groups is 1. The molecule has 6 heteroatoms. The monoisotopic (exact) mass is 296 g/mol. The maximum atomic E-state index is 11.0. The van der Waals surface area contributed by atoms with E-state index in [9.17, 15) is 4.79 Å². The lowest BCUT2D eigenvalue weighted by Crippen LogP contribution is -1.97. The summed E-state index contributed by atoms with van der Waals surface area (Å²) < 4.78 is 1.77. The fraction of sp³-hybridized carbons (Fsp3) is 0.231. The Labute approximate surface area is 120 Å². The molecule has 0 aliphatic heterocycles. The molecule has 2 rings (SSSR count). The van der Waals surface area contributed by atoms with Crippen molar-refractivity contribution in [1.29, 1.82) is 0 Å². The summed E-state index contributed by atoms with van der Waals surface area (Å²) in [5.41, 5.74) is 1.32. The van der Waals surface area contributed by atoms with Crippen LogP contribution in [0.3, 0.4) is 0 Å². The molecule has 0 fully saturated rings. The normalized spacial score (nSPS) is 10.6. The second-order valence-corrected chi connectivity index (χ2v) is 5.64. The summed E-state index contributed by atoms with van der Waals surface area (Å²) in [5, 5.41) is 13.4. The average Bonchev–Trinajstić information content (AvgIpc) is 2.77. The van der Waals surface area contributed by atoms with E-state index < -0.39 is 5.97 Å². The summed E-state index contributed by atoms with van der Waals surface area (Å²) in [5.74, 6) is -0.133. The van der Waals surface area contributed by atoms with Gasteiger partial charge in [0.25, 0.3) is 0 Å². The molecule has 2 aromatic rings. The van der Waals surface area contributed by atoms with E-state index in [2.05, 4.69) is 5.10 Å². The van der Waals surface area contributed by atoms with E-state index in [-0.39, 0.29) is 10.6 Å². The third-order valence-electron chi connectivity index (χ3n) is 2.59. The Morgan fingerprint density at radius 1 is 1.53 bits per heavy atom. The van der Waals surface area contributed by atoms with Gasteiger partial charge in [-0.1, -0.05) is 11.6 Å². The highest BCUT2D eigenvalue weighted by atomic mass is 35.5. The van der Waals surface area contributed by atoms with Crippen LogP contribution in [0.25, 0.3) is 0 Å². The molecule has 0 aliphatic carbocycles. The molecular weight excluding hydrogens is 284 g/mol. The van der Waals surface area contributed by atoms with Crippen LogP contribution in [0.15, 0.2) is 35.5 Å². The lowest BCUT2D eigenvalue weighted by atomic mass is 10.2. The van der Waals surface area contributed by atoms with Gasteiger partial charge in [0.15, 0.2) is 0 Å². The molecular formula is C13H13ClN2O2S. The molecule has 1 aromatic carbocycles. The smallest absolute Gasteiger partial charge is 0.337 e. The summed E-state index contributed by atoms with van der Waals surface area (Å²) in [6, 6.07) is 5.07. The Morgan fingerprint density at radius 3 is 2.95 bits per heavy atom. The van der Waals surface area contributed by atoms with Crippen molar-refractivity contribution < 1.29 is 9.90 Å². The zero-order valence-corrected chi connectivity index (χ0v) is 11.9. The van der Waals surface area contributed by atoms with Gasteiger partial charge in [-0.3, -0.25) is 4.68 Å². The lowest BCUT2D eigenvalue weighted by Gasteiger charge is -2.04. The predicted octanol–water partition coefficient (Wildman–Crippen LogP) is 3.11. The Balaban J connectivity index is 1.96. The van der Waals surface area contributed by atoms with E-state index in [1.165, 1.54) is 5.56 Å². The first-order valence-corrected chi connectivity index (χ1v) is 7.06. The first-order chi connectivity index (χ1) is 9.06. The first-order valence-electron chi connectivity index (χ1n) is 5.69. The highest BCUT2D eigenvalue weighted by Crippen LogP contribution is 2.25. The van der Waals surface area contributed by atoms with Gasteiger partial charge in [-0.2, -0.15) is 5.10 Å². The molecule has 0 amide bonds. The van der Waals surface area contributed by atoms with E-state index in [4.69, 9.17) is 16.7 Å². The summed E-state index contributed by atoms with van der Waals surface area (Å²) in [6.45, 7) is 0. The number of aromatic nitrogens is 2. The number of benzene rings is 1. The summed E-state index contributed by atoms with van der Waals surface area (Å²) in [7, 11) is 1.88. The average molecular weight is 297 g/mol. The summed E-state index contributed by atoms with van der Waals surface area (Å²) in [4.78, 5) is 11.9. The standard InChI is InChI=1S/C13H13ClN2O2S/c1-16-8-9(7-15-16)4-5-19-10-2-3-12(14)11(6-10)13(17)18/h2-3,6-8H,4-5H2,1H3,(H,17,18). The number of rotatable bonds is 5. The Hall–Kier alpha value is -1.46. The van der Waals surface area contributed by atoms with E-state index >= 15 is 0 Å². The van der Waals surface area contributed by atoms with E-state index in [0.29, 0.717) is 0 Å². The quantitative estimate of drug-likeness (QED) is 0.861. The van der Waals surface area contributed by atoms with Crippen LogP contribution in [0.5, 0.6) is 0 Å². The van der Waals surface area contributed by atoms with Crippen LogP contribution in [0.4, 0.5) is 0 Å². The Kier molecular flexibility index (Phi) is 4.50. The van der Waals surface area contributed by atoms with Gasteiger partial charge in [-0.25, -0.2) is 4.79 Å². The fourth-order valence-electron chi connectivity index (χ4n) is 1.65. The van der Waals surface area contributed by atoms with Gasteiger partial charge in [0.05, 0.1) is 16.8 Å². The molecule has 0 aliphatic rings. The van der Waals surface area contributed by atoms with Crippen molar-refractivity contribution in [1.82, 2.24) is 9.78 Å². The molecule has 0 radical (unpaired) electrons. The molecule has 0 bridgehead atoms. The van der Waals surface area contributed by atoms with Crippen LogP contribution < -0.4 is 0 Å². The van der Waals surface area contributed by atoms with Gasteiger partial charge in [0.2, 0.25) is 0 Å². The number of aromatic carboxylic acids is 1. The lowest BCUT2D eigenvalue weighted by molar-refractivity contribution is 0.0697. The minimum absolute atomic E-state index is 0.146. The van der Waals surface area contributed by atoms with Gasteiger partial charge in [0, 0.05) is 23.9 Å². The minimum atomic E-state index is -1.00. The molecule has 19 heavy (non-hydrogen) atoms. The molecule has 0 unspecified atom stereocenters. The largest absolute Gasteiger partial charge is 0.478 e. The van der Waals surface area contributed by atoms with Crippen molar-refractivity contribution >= 4 is 29.3 Å². The van der Waals surface area contributed by atoms with Gasteiger partial charge in [0.1, 0.15) is 0 Å². The highest BCUT2D eigenvalue weighted by molar-refractivity contribution is 7.99. The number of thioether (sulfide) groups is 1. The molecule has 100 valence electrons. The number of hydrogen-bond donors (Lipinski definition) is 1. The molecule has 0 spiro atoms. The van der Waals surface area contributed by atoms with Gasteiger partial charge < -0.3 is 5.11 Å². The SMILES string of the molecule is Cn1cc(CCSc2ccc(Cl)c(C(=O)O)c2)cn1. The summed E-state index contributed by atoms with van der Waals surface area (Å²) >= 11 is 7.43. The molecule has 0 saturated heterocycles. The third-order valence-corrected chi connectivity index (χ3v) is 3.91. The molecule has 1 aromatic heterocycles. The van der Waals surface area contributed by atoms with Crippen molar-refractivity contribution in [2.24, 2.45) is 7.05 Å². The Bertz CT molecular complexity index is 598. The molecule has 0 saturated carbocycles. The zero-order valence-electron chi connectivity index (χ0n) is 10.3. The third kappa shape index (κ3) is 3.75. The maximum Gasteiger partial charge on any atom is 0.337 e. The second kappa shape index (κ2) is 6.12. The van der Waals surface area contributed by atoms with Gasteiger partial charge >= 0.3 is 5.97 Å². The topological polar surface area (TPSA) is 55.1 Å². The van der Waals surface area contributed by atoms with Crippen LogP contribution in [0, 0.1) is 0 Å². The van der Waals surface area contributed by atoms with E-state index in [1.807, 2.05) is 25.5 Å². The van der Waals surface area contributed by atoms with Crippen LogP contribution in [0.2, 0.25) is 5.02 Å². The van der Waals surface area contributed by atoms with E-state index in [0.717, 1.165) is 17.1 Å². The number of carboxylic acids is 1. The zero-order chi connectivity index (χ0) is 13.8. The number of halogens is 1. The van der Waals surface area contributed by atoms with E-state index in [1.54, 1.807) is 28.6 Å². The van der Waals surface area contributed by atoms with Crippen LogP contribution in [-0.2, 0) is 13.5 Å². The van der Waals surface area contributed by atoms with Crippen LogP contribution >= 0.6 is 23.4 Å². The van der Waals surface area contributed by atoms with Crippen molar-refractivity contribution in [3.63, 3.8) is 0 Å². The second-order valence-electron chi connectivity index (χ2n) is 4.07. The number of carboxylic acid groups (broad SMARTS) is 1. The number of hydrogen-bond acceptors (Lipinski definition) is 3. The van der Waals surface area contributed by atoms with Crippen molar-refractivity contribution in [2.45, 2.75) is 11.3 Å². The predicted molar refractivity (Wildman–Crippen MR) is 76.0 cm³/mol. The van der Waals surface area contributed by atoms with Gasteiger partial charge in [-0.05, 0) is 30.2 Å². The molecule has 0 atom stereocenters. The van der Waals surface area contributed by atoms with Crippen molar-refractivity contribution in [2.75, 3.05) is 5.75 Å². The maximum absolute atomic E-state index is 11.0.